The summed E-state index contributed by atoms with van der Waals surface area (Å²) in [5, 5.41) is 4.05. The molecule has 0 aliphatic carbocycles. The molecule has 0 aliphatic heterocycles. The molecule has 1 aromatic carbocycles. The van der Waals surface area contributed by atoms with Crippen LogP contribution >= 0.6 is 0 Å². The molecule has 2 N–H and O–H groups in total. The maximum atomic E-state index is 5.73. The molecule has 20 heavy (non-hydrogen) atoms. The fourth-order valence-corrected chi connectivity index (χ4v) is 2.39. The molecule has 0 spiro atoms. The lowest BCUT2D eigenvalue weighted by Crippen LogP contribution is -2.14. The molecule has 2 rings (SSSR count). The van der Waals surface area contributed by atoms with Crippen LogP contribution < -0.4 is 5.73 Å². The van der Waals surface area contributed by atoms with Crippen molar-refractivity contribution >= 4 is 0 Å². The largest absolute Gasteiger partial charge is 0.339 e. The molecule has 0 radical (unpaired) electrons. The molecule has 1 atom stereocenters. The Hall–Kier alpha value is -1.68. The average Bonchev–Trinajstić information content (AvgIpc) is 2.74. The van der Waals surface area contributed by atoms with Crippen molar-refractivity contribution in [2.45, 2.75) is 52.5 Å². The fourth-order valence-electron chi connectivity index (χ4n) is 2.39. The van der Waals surface area contributed by atoms with Crippen LogP contribution in [0, 0.1) is 13.8 Å². The van der Waals surface area contributed by atoms with Gasteiger partial charge >= 0.3 is 0 Å². The second-order valence-corrected chi connectivity index (χ2v) is 5.65. The summed E-state index contributed by atoms with van der Waals surface area (Å²) in [4.78, 5) is 4.44. The van der Waals surface area contributed by atoms with Crippen LogP contribution in [0.3, 0.4) is 0 Å². The highest BCUT2D eigenvalue weighted by Gasteiger charge is 2.08. The van der Waals surface area contributed by atoms with Crippen molar-refractivity contribution in [3.05, 3.63) is 46.6 Å². The molecule has 2 aromatic rings. The maximum absolute atomic E-state index is 5.73. The summed E-state index contributed by atoms with van der Waals surface area (Å²) in [5.41, 5.74) is 9.48. The predicted molar refractivity (Wildman–Crippen MR) is 79.6 cm³/mol. The Morgan fingerprint density at radius 3 is 2.55 bits per heavy atom. The summed E-state index contributed by atoms with van der Waals surface area (Å²) in [7, 11) is 0. The molecule has 1 unspecified atom stereocenters. The lowest BCUT2D eigenvalue weighted by atomic mass is 10.1. The average molecular weight is 273 g/mol. The monoisotopic (exact) mass is 273 g/mol. The van der Waals surface area contributed by atoms with Gasteiger partial charge in [-0.15, -0.1) is 0 Å². The predicted octanol–water partition coefficient (Wildman–Crippen LogP) is 2.95. The van der Waals surface area contributed by atoms with Crippen molar-refractivity contribution in [2.75, 3.05) is 0 Å². The molecule has 0 amide bonds. The molecule has 4 heteroatoms. The molecule has 0 saturated heterocycles. The highest BCUT2D eigenvalue weighted by atomic mass is 16.5. The van der Waals surface area contributed by atoms with Gasteiger partial charge in [0.25, 0.3) is 0 Å². The van der Waals surface area contributed by atoms with Crippen LogP contribution in [-0.2, 0) is 12.8 Å². The Bertz CT molecular complexity index is 540. The Morgan fingerprint density at radius 1 is 1.20 bits per heavy atom. The van der Waals surface area contributed by atoms with Crippen molar-refractivity contribution in [2.24, 2.45) is 5.73 Å². The van der Waals surface area contributed by atoms with Crippen LogP contribution in [0.25, 0.3) is 0 Å². The summed E-state index contributed by atoms with van der Waals surface area (Å²) >= 11 is 0. The first-order chi connectivity index (χ1) is 9.52. The first-order valence-corrected chi connectivity index (χ1v) is 7.17. The highest BCUT2D eigenvalue weighted by molar-refractivity contribution is 5.30. The zero-order valence-corrected chi connectivity index (χ0v) is 12.5. The van der Waals surface area contributed by atoms with Crippen molar-refractivity contribution in [3.63, 3.8) is 0 Å². The van der Waals surface area contributed by atoms with E-state index in [4.69, 9.17) is 10.3 Å². The van der Waals surface area contributed by atoms with E-state index in [0.717, 1.165) is 31.5 Å². The minimum Gasteiger partial charge on any atom is -0.339 e. The lowest BCUT2D eigenvalue weighted by Gasteiger charge is -2.02. The number of hydrogen-bond donors (Lipinski definition) is 1. The van der Waals surface area contributed by atoms with E-state index < -0.39 is 0 Å². The van der Waals surface area contributed by atoms with Crippen molar-refractivity contribution in [1.29, 1.82) is 0 Å². The van der Waals surface area contributed by atoms with Crippen molar-refractivity contribution in [1.82, 2.24) is 10.1 Å². The van der Waals surface area contributed by atoms with Crippen LogP contribution in [0.1, 0.15) is 48.2 Å². The second kappa shape index (κ2) is 6.66. The number of benzene rings is 1. The van der Waals surface area contributed by atoms with Gasteiger partial charge in [-0.1, -0.05) is 34.5 Å². The van der Waals surface area contributed by atoms with Gasteiger partial charge in [0.2, 0.25) is 5.89 Å². The van der Waals surface area contributed by atoms with E-state index in [9.17, 15) is 0 Å². The summed E-state index contributed by atoms with van der Waals surface area (Å²) in [6.07, 6.45) is 3.50. The van der Waals surface area contributed by atoms with Gasteiger partial charge < -0.3 is 10.3 Å². The van der Waals surface area contributed by atoms with Crippen LogP contribution in [0.5, 0.6) is 0 Å². The summed E-state index contributed by atoms with van der Waals surface area (Å²) in [6, 6.07) is 6.73. The van der Waals surface area contributed by atoms with Crippen LogP contribution in [0.4, 0.5) is 0 Å². The maximum Gasteiger partial charge on any atom is 0.226 e. The topological polar surface area (TPSA) is 64.9 Å². The third-order valence-electron chi connectivity index (χ3n) is 3.20. The Labute approximate surface area is 120 Å². The van der Waals surface area contributed by atoms with E-state index in [2.05, 4.69) is 42.2 Å². The molecule has 1 heterocycles. The van der Waals surface area contributed by atoms with E-state index in [1.807, 2.05) is 6.92 Å². The molecule has 108 valence electrons. The van der Waals surface area contributed by atoms with Crippen molar-refractivity contribution < 1.29 is 4.52 Å². The number of hydrogen-bond acceptors (Lipinski definition) is 4. The molecule has 0 fully saturated rings. The molecule has 0 aliphatic rings. The molecular formula is C16H23N3O. The van der Waals surface area contributed by atoms with Gasteiger partial charge in [0.05, 0.1) is 0 Å². The van der Waals surface area contributed by atoms with Gasteiger partial charge in [0.1, 0.15) is 0 Å². The van der Waals surface area contributed by atoms with E-state index in [-0.39, 0.29) is 6.04 Å². The van der Waals surface area contributed by atoms with E-state index in [1.165, 1.54) is 16.7 Å². The molecule has 1 aromatic heterocycles. The normalized spacial score (nSPS) is 12.6. The summed E-state index contributed by atoms with van der Waals surface area (Å²) < 4.78 is 5.28. The van der Waals surface area contributed by atoms with Gasteiger partial charge in [-0.25, -0.2) is 0 Å². The molecular weight excluding hydrogens is 250 g/mol. The van der Waals surface area contributed by atoms with Crippen LogP contribution in [-0.4, -0.2) is 16.2 Å². The van der Waals surface area contributed by atoms with Crippen molar-refractivity contribution in [3.8, 4) is 0 Å². The number of aryl methyl sites for hydroxylation is 3. The zero-order valence-electron chi connectivity index (χ0n) is 12.5. The minimum absolute atomic E-state index is 0.229. The Morgan fingerprint density at radius 2 is 1.90 bits per heavy atom. The third-order valence-corrected chi connectivity index (χ3v) is 3.20. The van der Waals surface area contributed by atoms with Gasteiger partial charge in [0.15, 0.2) is 5.82 Å². The minimum atomic E-state index is 0.229. The van der Waals surface area contributed by atoms with E-state index >= 15 is 0 Å². The first kappa shape index (κ1) is 14.7. The number of nitrogens with two attached hydrogens (primary N) is 1. The number of aromatic nitrogens is 2. The molecule has 0 bridgehead atoms. The standard InChI is InChI=1S/C16H23N3O/c1-11-7-12(2)9-14(8-11)10-15-18-16(20-19-15)6-4-5-13(3)17/h7-9,13H,4-6,10,17H2,1-3H3. The summed E-state index contributed by atoms with van der Waals surface area (Å²) in [6.45, 7) is 6.22. The van der Waals surface area contributed by atoms with E-state index in [0.29, 0.717) is 5.89 Å². The smallest absolute Gasteiger partial charge is 0.226 e. The first-order valence-electron chi connectivity index (χ1n) is 7.17. The number of rotatable bonds is 6. The molecule has 4 nitrogen and oxygen atoms in total. The lowest BCUT2D eigenvalue weighted by molar-refractivity contribution is 0.368. The Balaban J connectivity index is 1.95. The quantitative estimate of drug-likeness (QED) is 0.878. The van der Waals surface area contributed by atoms with E-state index in [1.54, 1.807) is 0 Å². The van der Waals surface area contributed by atoms with Crippen LogP contribution in [0.15, 0.2) is 22.7 Å². The third kappa shape index (κ3) is 4.46. The second-order valence-electron chi connectivity index (χ2n) is 5.65. The van der Waals surface area contributed by atoms with Gasteiger partial charge in [-0.3, -0.25) is 0 Å². The number of nitrogens with zero attached hydrogens (tertiary/aromatic N) is 2. The highest BCUT2D eigenvalue weighted by Crippen LogP contribution is 2.13. The SMILES string of the molecule is Cc1cc(C)cc(Cc2noc(CCCC(C)N)n2)c1. The summed E-state index contributed by atoms with van der Waals surface area (Å²) in [5.74, 6) is 1.47. The fraction of sp³-hybridized carbons (Fsp3) is 0.500. The van der Waals surface area contributed by atoms with Crippen LogP contribution in [0.2, 0.25) is 0 Å². The van der Waals surface area contributed by atoms with Gasteiger partial charge in [-0.05, 0) is 39.2 Å². The molecule has 0 saturated carbocycles. The van der Waals surface area contributed by atoms with Gasteiger partial charge in [-0.2, -0.15) is 4.98 Å². The Kier molecular flexibility index (Phi) is 4.90. The van der Waals surface area contributed by atoms with Gasteiger partial charge in [0, 0.05) is 18.9 Å². The zero-order chi connectivity index (χ0) is 14.5.